The first-order valence-corrected chi connectivity index (χ1v) is 10.6. The lowest BCUT2D eigenvalue weighted by Gasteiger charge is -2.19. The number of aromatic nitrogens is 2. The Morgan fingerprint density at radius 1 is 1.15 bits per heavy atom. The molecule has 3 aromatic rings. The van der Waals surface area contributed by atoms with Gasteiger partial charge in [-0.3, -0.25) is 4.79 Å². The highest BCUT2D eigenvalue weighted by molar-refractivity contribution is 9.10. The van der Waals surface area contributed by atoms with Crippen LogP contribution in [0.2, 0.25) is 0 Å². The lowest BCUT2D eigenvalue weighted by Crippen LogP contribution is -2.30. The van der Waals surface area contributed by atoms with Crippen molar-refractivity contribution in [2.24, 2.45) is 0 Å². The highest BCUT2D eigenvalue weighted by atomic mass is 79.9. The second kappa shape index (κ2) is 7.20. The first kappa shape index (κ1) is 18.6. The molecule has 3 rings (SSSR count). The van der Waals surface area contributed by atoms with Crippen LogP contribution in [-0.4, -0.2) is 42.1 Å². The predicted molar refractivity (Wildman–Crippen MR) is 103 cm³/mol. The van der Waals surface area contributed by atoms with Crippen LogP contribution in [0, 0.1) is 0 Å². The quantitative estimate of drug-likeness (QED) is 0.617. The van der Waals surface area contributed by atoms with Gasteiger partial charge in [-0.05, 0) is 23.8 Å². The van der Waals surface area contributed by atoms with Crippen molar-refractivity contribution in [2.45, 2.75) is 18.2 Å². The van der Waals surface area contributed by atoms with Gasteiger partial charge in [-0.15, -0.1) is 0 Å². The van der Waals surface area contributed by atoms with E-state index in [4.69, 9.17) is 0 Å². The molecule has 0 fully saturated rings. The molecule has 0 radical (unpaired) electrons. The van der Waals surface area contributed by atoms with Gasteiger partial charge >= 0.3 is 0 Å². The molecule has 0 unspecified atom stereocenters. The molecule has 0 aliphatic heterocycles. The number of hydrogen-bond acceptors (Lipinski definition) is 4. The number of carbonyl (C=O) groups excluding carboxylic acids is 1. The maximum absolute atomic E-state index is 12.7. The number of halogens is 1. The van der Waals surface area contributed by atoms with Crippen LogP contribution in [0.25, 0.3) is 11.0 Å². The van der Waals surface area contributed by atoms with Gasteiger partial charge in [0, 0.05) is 24.3 Å². The third-order valence-corrected chi connectivity index (χ3v) is 5.78. The van der Waals surface area contributed by atoms with E-state index in [1.807, 2.05) is 24.3 Å². The molecule has 8 heteroatoms. The van der Waals surface area contributed by atoms with Gasteiger partial charge in [0.25, 0.3) is 0 Å². The summed E-state index contributed by atoms with van der Waals surface area (Å²) in [4.78, 5) is 18.5. The van der Waals surface area contributed by atoms with E-state index in [2.05, 4.69) is 20.9 Å². The van der Waals surface area contributed by atoms with E-state index >= 15 is 0 Å². The molecule has 26 heavy (non-hydrogen) atoms. The molecule has 0 aliphatic carbocycles. The molecule has 0 saturated carbocycles. The van der Waals surface area contributed by atoms with E-state index in [0.29, 0.717) is 17.6 Å². The third kappa shape index (κ3) is 3.81. The van der Waals surface area contributed by atoms with Crippen molar-refractivity contribution in [3.63, 3.8) is 0 Å². The van der Waals surface area contributed by atoms with Gasteiger partial charge in [0.1, 0.15) is 6.54 Å². The molecule has 0 spiro atoms. The van der Waals surface area contributed by atoms with Crippen molar-refractivity contribution in [1.82, 2.24) is 14.5 Å². The molecule has 1 aromatic heterocycles. The molecule has 136 valence electrons. The van der Waals surface area contributed by atoms with E-state index in [9.17, 15) is 13.2 Å². The summed E-state index contributed by atoms with van der Waals surface area (Å²) in [6, 6.07) is 14.7. The standard InChI is InChI=1S/C18H18BrN3O3S/c1-21(11-13-7-3-4-8-14(13)19)17(23)12-22-16-10-6-5-9-15(16)20-18(22)26(2,24)25/h3-10H,11-12H2,1-2H3. The third-order valence-electron chi connectivity index (χ3n) is 4.04. The second-order valence-corrected chi connectivity index (χ2v) is 8.85. The number of nitrogens with zero attached hydrogens (tertiary/aromatic N) is 3. The molecule has 0 aliphatic rings. The van der Waals surface area contributed by atoms with Crippen molar-refractivity contribution in [3.8, 4) is 0 Å². The monoisotopic (exact) mass is 435 g/mol. The molecule has 1 heterocycles. The molecule has 6 nitrogen and oxygen atoms in total. The molecular weight excluding hydrogens is 418 g/mol. The Bertz CT molecular complexity index is 1080. The highest BCUT2D eigenvalue weighted by Crippen LogP contribution is 2.21. The summed E-state index contributed by atoms with van der Waals surface area (Å²) in [6.07, 6.45) is 1.10. The van der Waals surface area contributed by atoms with E-state index in [-0.39, 0.29) is 17.6 Å². The Labute approximate surface area is 160 Å². The Kier molecular flexibility index (Phi) is 5.15. The zero-order valence-corrected chi connectivity index (χ0v) is 16.8. The largest absolute Gasteiger partial charge is 0.340 e. The topological polar surface area (TPSA) is 72.3 Å². The number of para-hydroxylation sites is 2. The van der Waals surface area contributed by atoms with Crippen LogP contribution in [0.3, 0.4) is 0 Å². The molecule has 1 amide bonds. The maximum atomic E-state index is 12.7. The summed E-state index contributed by atoms with van der Waals surface area (Å²) in [6.45, 7) is 0.324. The first-order chi connectivity index (χ1) is 12.3. The minimum Gasteiger partial charge on any atom is -0.340 e. The lowest BCUT2D eigenvalue weighted by molar-refractivity contribution is -0.131. The van der Waals surface area contributed by atoms with Crippen LogP contribution in [0.5, 0.6) is 0 Å². The Morgan fingerprint density at radius 3 is 2.50 bits per heavy atom. The second-order valence-electron chi connectivity index (χ2n) is 6.08. The molecule has 0 bridgehead atoms. The van der Waals surface area contributed by atoms with Gasteiger partial charge < -0.3 is 9.47 Å². The fourth-order valence-corrected chi connectivity index (χ4v) is 3.95. The smallest absolute Gasteiger partial charge is 0.242 e. The van der Waals surface area contributed by atoms with Crippen LogP contribution in [-0.2, 0) is 27.7 Å². The van der Waals surface area contributed by atoms with E-state index < -0.39 is 9.84 Å². The average molecular weight is 436 g/mol. The fourth-order valence-electron chi connectivity index (χ4n) is 2.72. The van der Waals surface area contributed by atoms with Gasteiger partial charge in [0.2, 0.25) is 20.9 Å². The summed E-state index contributed by atoms with van der Waals surface area (Å²) in [5.41, 5.74) is 2.15. The lowest BCUT2D eigenvalue weighted by atomic mass is 10.2. The number of sulfone groups is 1. The normalized spacial score (nSPS) is 11.7. The van der Waals surface area contributed by atoms with Crippen LogP contribution >= 0.6 is 15.9 Å². The maximum Gasteiger partial charge on any atom is 0.242 e. The van der Waals surface area contributed by atoms with Crippen LogP contribution in [0.15, 0.2) is 58.2 Å². The van der Waals surface area contributed by atoms with Crippen molar-refractivity contribution in [2.75, 3.05) is 13.3 Å². The molecule has 0 N–H and O–H groups in total. The average Bonchev–Trinajstić information content (AvgIpc) is 2.96. The van der Waals surface area contributed by atoms with Gasteiger partial charge in [-0.2, -0.15) is 0 Å². The van der Waals surface area contributed by atoms with Crippen molar-refractivity contribution in [1.29, 1.82) is 0 Å². The molecular formula is C18H18BrN3O3S. The number of benzene rings is 2. The Balaban J connectivity index is 1.91. The predicted octanol–water partition coefficient (Wildman–Crippen LogP) is 2.86. The van der Waals surface area contributed by atoms with Gasteiger partial charge in [-0.1, -0.05) is 46.3 Å². The molecule has 2 aromatic carbocycles. The summed E-state index contributed by atoms with van der Waals surface area (Å²) in [5, 5.41) is -0.0960. The van der Waals surface area contributed by atoms with E-state index in [0.717, 1.165) is 16.3 Å². The van der Waals surface area contributed by atoms with Crippen molar-refractivity contribution >= 4 is 42.7 Å². The van der Waals surface area contributed by atoms with Crippen molar-refractivity contribution < 1.29 is 13.2 Å². The number of rotatable bonds is 5. The van der Waals surface area contributed by atoms with Gasteiger partial charge in [0.05, 0.1) is 11.0 Å². The SMILES string of the molecule is CN(Cc1ccccc1Br)C(=O)Cn1c(S(C)(=O)=O)nc2ccccc21. The Hall–Kier alpha value is -2.19. The number of amides is 1. The number of carbonyl (C=O) groups is 1. The van der Waals surface area contributed by atoms with Crippen LogP contribution in [0.4, 0.5) is 0 Å². The fraction of sp³-hybridized carbons (Fsp3) is 0.222. The zero-order valence-electron chi connectivity index (χ0n) is 14.4. The van der Waals surface area contributed by atoms with E-state index in [1.54, 1.807) is 36.2 Å². The van der Waals surface area contributed by atoms with Gasteiger partial charge in [0.15, 0.2) is 0 Å². The molecule has 0 atom stereocenters. The zero-order chi connectivity index (χ0) is 18.9. The van der Waals surface area contributed by atoms with Crippen LogP contribution in [0.1, 0.15) is 5.56 Å². The molecule has 0 saturated heterocycles. The Morgan fingerprint density at radius 2 is 1.81 bits per heavy atom. The summed E-state index contributed by atoms with van der Waals surface area (Å²) in [5.74, 6) is -0.200. The number of hydrogen-bond donors (Lipinski definition) is 0. The van der Waals surface area contributed by atoms with E-state index in [1.165, 1.54) is 4.57 Å². The highest BCUT2D eigenvalue weighted by Gasteiger charge is 2.22. The summed E-state index contributed by atoms with van der Waals surface area (Å²) in [7, 11) is -1.86. The first-order valence-electron chi connectivity index (χ1n) is 7.90. The number of imidazole rings is 1. The minimum atomic E-state index is -3.56. The number of likely N-dealkylation sites (N-methyl/N-ethyl adjacent to an activating group) is 1. The van der Waals surface area contributed by atoms with Gasteiger partial charge in [-0.25, -0.2) is 13.4 Å². The summed E-state index contributed by atoms with van der Waals surface area (Å²) >= 11 is 3.47. The minimum absolute atomic E-state index is 0.0934. The number of fused-ring (bicyclic) bond motifs is 1. The summed E-state index contributed by atoms with van der Waals surface area (Å²) < 4.78 is 26.6. The van der Waals surface area contributed by atoms with Crippen molar-refractivity contribution in [3.05, 3.63) is 58.6 Å². The van der Waals surface area contributed by atoms with Crippen LogP contribution < -0.4 is 0 Å².